The Morgan fingerprint density at radius 1 is 1.00 bits per heavy atom. The number of nitro groups is 1. The maximum absolute atomic E-state index is 12.4. The van der Waals surface area contributed by atoms with E-state index >= 15 is 0 Å². The van der Waals surface area contributed by atoms with Crippen LogP contribution < -0.4 is 0 Å². The van der Waals surface area contributed by atoms with Gasteiger partial charge in [0.2, 0.25) is 0 Å². The van der Waals surface area contributed by atoms with Crippen molar-refractivity contribution in [1.82, 2.24) is 4.90 Å². The summed E-state index contributed by atoms with van der Waals surface area (Å²) in [6, 6.07) is 16.2. The number of carbonyl (C=O) groups excluding carboxylic acids is 1. The van der Waals surface area contributed by atoms with Gasteiger partial charge in [0.15, 0.2) is 0 Å². The Kier molecular flexibility index (Phi) is 7.26. The van der Waals surface area contributed by atoms with E-state index in [2.05, 4.69) is 4.99 Å². The molecule has 0 atom stereocenters. The molecule has 1 amide bonds. The van der Waals surface area contributed by atoms with Crippen LogP contribution in [0.5, 0.6) is 0 Å². The summed E-state index contributed by atoms with van der Waals surface area (Å²) < 4.78 is 5.71. The van der Waals surface area contributed by atoms with Crippen LogP contribution in [0.4, 0.5) is 11.4 Å². The molecule has 0 bridgehead atoms. The van der Waals surface area contributed by atoms with Gasteiger partial charge >= 0.3 is 0 Å². The highest BCUT2D eigenvalue weighted by molar-refractivity contribution is 5.94. The smallest absolute Gasteiger partial charge is 0.269 e. The topological polar surface area (TPSA) is 129 Å². The third-order valence-corrected chi connectivity index (χ3v) is 4.47. The molecule has 3 aromatic rings. The summed E-state index contributed by atoms with van der Waals surface area (Å²) in [5.41, 5.74) is 1.76. The van der Waals surface area contributed by atoms with Crippen molar-refractivity contribution in [1.29, 1.82) is 0 Å². The molecule has 0 aliphatic carbocycles. The predicted molar refractivity (Wildman–Crippen MR) is 115 cm³/mol. The van der Waals surface area contributed by atoms with E-state index in [1.807, 2.05) is 0 Å². The molecule has 0 fully saturated rings. The zero-order valence-corrected chi connectivity index (χ0v) is 16.5. The van der Waals surface area contributed by atoms with E-state index in [1.165, 1.54) is 23.2 Å². The number of furan rings is 1. The Morgan fingerprint density at radius 3 is 2.23 bits per heavy atom. The minimum Gasteiger partial charge on any atom is -0.455 e. The fraction of sp³-hybridized carbons (Fsp3) is 0.182. The van der Waals surface area contributed by atoms with Gasteiger partial charge in [0.1, 0.15) is 11.5 Å². The second-order valence-corrected chi connectivity index (χ2v) is 6.55. The molecule has 0 radical (unpaired) electrons. The number of rotatable bonds is 9. The molecule has 0 aliphatic rings. The van der Waals surface area contributed by atoms with Gasteiger partial charge in [0.05, 0.1) is 30.0 Å². The minimum absolute atomic E-state index is 0.00913. The number of hydrogen-bond donors (Lipinski definition) is 2. The Balaban J connectivity index is 1.67. The molecule has 3 rings (SSSR count). The van der Waals surface area contributed by atoms with E-state index < -0.39 is 4.92 Å². The van der Waals surface area contributed by atoms with Crippen LogP contribution in [-0.2, 0) is 0 Å². The normalized spacial score (nSPS) is 11.0. The van der Waals surface area contributed by atoms with Gasteiger partial charge in [-0.05, 0) is 48.5 Å². The quantitative estimate of drug-likeness (QED) is 0.309. The second-order valence-electron chi connectivity index (χ2n) is 6.55. The second kappa shape index (κ2) is 10.3. The molecular weight excluding hydrogens is 402 g/mol. The summed E-state index contributed by atoms with van der Waals surface area (Å²) in [7, 11) is 0. The van der Waals surface area contributed by atoms with Gasteiger partial charge < -0.3 is 19.5 Å². The molecule has 9 heteroatoms. The molecule has 0 saturated carbocycles. The first-order chi connectivity index (χ1) is 15.0. The Bertz CT molecular complexity index is 1050. The number of aliphatic imine (C=N–C) groups is 1. The van der Waals surface area contributed by atoms with Crippen molar-refractivity contribution < 1.29 is 24.3 Å². The number of nitrogens with zero attached hydrogens (tertiary/aromatic N) is 3. The van der Waals surface area contributed by atoms with Gasteiger partial charge in [-0.15, -0.1) is 0 Å². The maximum atomic E-state index is 12.4. The van der Waals surface area contributed by atoms with Crippen molar-refractivity contribution >= 4 is 23.5 Å². The van der Waals surface area contributed by atoms with E-state index in [4.69, 9.17) is 14.6 Å². The zero-order chi connectivity index (χ0) is 22.2. The van der Waals surface area contributed by atoms with E-state index in [0.29, 0.717) is 28.3 Å². The van der Waals surface area contributed by atoms with Gasteiger partial charge in [-0.2, -0.15) is 0 Å². The summed E-state index contributed by atoms with van der Waals surface area (Å²) in [4.78, 5) is 28.4. The van der Waals surface area contributed by atoms with Gasteiger partial charge in [0, 0.05) is 36.3 Å². The summed E-state index contributed by atoms with van der Waals surface area (Å²) >= 11 is 0. The molecule has 2 aromatic carbocycles. The SMILES string of the molecule is O=C(c1ccc(N=Cc2ccc(-c3ccc([N+](=O)[O-])cc3)o2)cc1)N(CCO)CCO. The average Bonchev–Trinajstić information content (AvgIpc) is 3.26. The van der Waals surface area contributed by atoms with Crippen LogP contribution >= 0.6 is 0 Å². The zero-order valence-electron chi connectivity index (χ0n) is 16.5. The molecule has 0 saturated heterocycles. The number of hydrogen-bond acceptors (Lipinski definition) is 7. The first kappa shape index (κ1) is 21.9. The Labute approximate surface area is 178 Å². The lowest BCUT2D eigenvalue weighted by Crippen LogP contribution is -2.35. The molecule has 160 valence electrons. The van der Waals surface area contributed by atoms with Gasteiger partial charge in [-0.25, -0.2) is 0 Å². The molecule has 0 unspecified atom stereocenters. The summed E-state index contributed by atoms with van der Waals surface area (Å²) in [5, 5.41) is 28.9. The van der Waals surface area contributed by atoms with Crippen molar-refractivity contribution in [3.05, 3.63) is 82.1 Å². The summed E-state index contributed by atoms with van der Waals surface area (Å²) in [5.74, 6) is 0.785. The van der Waals surface area contributed by atoms with Crippen LogP contribution in [0.1, 0.15) is 16.1 Å². The fourth-order valence-corrected chi connectivity index (χ4v) is 2.89. The lowest BCUT2D eigenvalue weighted by atomic mass is 10.1. The summed E-state index contributed by atoms with van der Waals surface area (Å²) in [6.07, 6.45) is 1.54. The van der Waals surface area contributed by atoms with Crippen molar-refractivity contribution in [3.8, 4) is 11.3 Å². The molecule has 2 N–H and O–H groups in total. The maximum Gasteiger partial charge on any atom is 0.269 e. The fourth-order valence-electron chi connectivity index (χ4n) is 2.89. The highest BCUT2D eigenvalue weighted by Gasteiger charge is 2.14. The van der Waals surface area contributed by atoms with Crippen molar-refractivity contribution in [2.24, 2.45) is 4.99 Å². The lowest BCUT2D eigenvalue weighted by molar-refractivity contribution is -0.384. The number of benzene rings is 2. The van der Waals surface area contributed by atoms with Gasteiger partial charge in [-0.3, -0.25) is 19.9 Å². The van der Waals surface area contributed by atoms with Crippen molar-refractivity contribution in [2.45, 2.75) is 0 Å². The average molecular weight is 423 g/mol. The molecule has 1 aromatic heterocycles. The number of nitro benzene ring substituents is 1. The molecule has 0 spiro atoms. The number of carbonyl (C=O) groups is 1. The monoisotopic (exact) mass is 423 g/mol. The van der Waals surface area contributed by atoms with Crippen molar-refractivity contribution in [2.75, 3.05) is 26.3 Å². The molecule has 1 heterocycles. The number of amides is 1. The van der Waals surface area contributed by atoms with Crippen LogP contribution in [0.2, 0.25) is 0 Å². The van der Waals surface area contributed by atoms with E-state index in [1.54, 1.807) is 48.5 Å². The highest BCUT2D eigenvalue weighted by atomic mass is 16.6. The van der Waals surface area contributed by atoms with E-state index in [-0.39, 0.29) is 37.9 Å². The molecule has 0 aliphatic heterocycles. The first-order valence-electron chi connectivity index (χ1n) is 9.51. The van der Waals surface area contributed by atoms with Gasteiger partial charge in [0.25, 0.3) is 11.6 Å². The van der Waals surface area contributed by atoms with Gasteiger partial charge in [-0.1, -0.05) is 0 Å². The van der Waals surface area contributed by atoms with Crippen LogP contribution in [0.3, 0.4) is 0 Å². The third kappa shape index (κ3) is 5.62. The van der Waals surface area contributed by atoms with Crippen LogP contribution in [0.25, 0.3) is 11.3 Å². The standard InChI is InChI=1S/C22H21N3O6/c26-13-11-24(12-14-27)22(28)17-1-5-18(6-2-17)23-15-20-9-10-21(31-20)16-3-7-19(8-4-16)25(29)30/h1-10,15,26-27H,11-14H2. The molecule has 9 nitrogen and oxygen atoms in total. The highest BCUT2D eigenvalue weighted by Crippen LogP contribution is 2.24. The largest absolute Gasteiger partial charge is 0.455 e. The minimum atomic E-state index is -0.459. The lowest BCUT2D eigenvalue weighted by Gasteiger charge is -2.20. The third-order valence-electron chi connectivity index (χ3n) is 4.47. The summed E-state index contributed by atoms with van der Waals surface area (Å²) in [6.45, 7) is -0.0674. The van der Waals surface area contributed by atoms with Crippen LogP contribution in [-0.4, -0.2) is 58.5 Å². The van der Waals surface area contributed by atoms with Crippen LogP contribution in [0, 0.1) is 10.1 Å². The number of aliphatic hydroxyl groups excluding tert-OH is 2. The first-order valence-corrected chi connectivity index (χ1v) is 9.51. The van der Waals surface area contributed by atoms with E-state index in [0.717, 1.165) is 0 Å². The number of non-ortho nitro benzene ring substituents is 1. The Hall–Kier alpha value is -3.82. The number of aliphatic hydroxyl groups is 2. The molecular formula is C22H21N3O6. The van der Waals surface area contributed by atoms with Crippen molar-refractivity contribution in [3.63, 3.8) is 0 Å². The van der Waals surface area contributed by atoms with E-state index in [9.17, 15) is 14.9 Å². The Morgan fingerprint density at radius 2 is 1.65 bits per heavy atom. The van der Waals surface area contributed by atoms with Crippen LogP contribution in [0.15, 0.2) is 70.1 Å². The predicted octanol–water partition coefficient (Wildman–Crippen LogP) is 3.03. The molecule has 31 heavy (non-hydrogen) atoms.